The van der Waals surface area contributed by atoms with Crippen LogP contribution in [0.3, 0.4) is 0 Å². The highest BCUT2D eigenvalue weighted by molar-refractivity contribution is 5.94. The number of carbonyl (C=O) groups excluding carboxylic acids is 1. The summed E-state index contributed by atoms with van der Waals surface area (Å²) in [5, 5.41) is 3.16. The highest BCUT2D eigenvalue weighted by Gasteiger charge is 2.50. The van der Waals surface area contributed by atoms with Crippen molar-refractivity contribution in [2.75, 3.05) is 11.1 Å². The molecule has 5 rings (SSSR count). The summed E-state index contributed by atoms with van der Waals surface area (Å²) < 4.78 is 0. The second-order valence-electron chi connectivity index (χ2n) is 7.52. The minimum atomic E-state index is 0. The average Bonchev–Trinajstić information content (AvgIpc) is 2.41. The molecule has 3 nitrogen and oxygen atoms in total. The standard InChI is InChI=1S/C18H24N2O.ClH/c1-10-2-3-15(19)9-16(10)20-18(21)17-13-5-11-4-12(7-13)8-14(17)6-11;/h2-3,9,11-14,17H,4-8,19H2,1H3,(H,20,21);1H. The average molecular weight is 321 g/mol. The van der Waals surface area contributed by atoms with Gasteiger partial charge in [-0.3, -0.25) is 4.79 Å². The molecule has 0 unspecified atom stereocenters. The number of nitrogens with two attached hydrogens (primary N) is 1. The van der Waals surface area contributed by atoms with Gasteiger partial charge < -0.3 is 11.1 Å². The van der Waals surface area contributed by atoms with Gasteiger partial charge in [0, 0.05) is 17.3 Å². The molecule has 22 heavy (non-hydrogen) atoms. The molecule has 1 aromatic rings. The first-order chi connectivity index (χ1) is 10.1. The molecule has 0 radical (unpaired) electrons. The van der Waals surface area contributed by atoms with E-state index in [1.165, 1.54) is 32.1 Å². The molecule has 4 aliphatic carbocycles. The van der Waals surface area contributed by atoms with Crippen molar-refractivity contribution in [3.8, 4) is 0 Å². The zero-order valence-corrected chi connectivity index (χ0v) is 13.9. The van der Waals surface area contributed by atoms with Gasteiger partial charge in [-0.2, -0.15) is 0 Å². The number of aryl methyl sites for hydroxylation is 1. The molecule has 0 saturated heterocycles. The van der Waals surface area contributed by atoms with Gasteiger partial charge >= 0.3 is 0 Å². The van der Waals surface area contributed by atoms with Crippen LogP contribution in [0.25, 0.3) is 0 Å². The van der Waals surface area contributed by atoms with Gasteiger partial charge in [-0.15, -0.1) is 12.4 Å². The first kappa shape index (κ1) is 15.7. The van der Waals surface area contributed by atoms with Gasteiger partial charge in [0.1, 0.15) is 0 Å². The zero-order valence-electron chi connectivity index (χ0n) is 13.0. The Morgan fingerprint density at radius 2 is 1.68 bits per heavy atom. The van der Waals surface area contributed by atoms with Crippen molar-refractivity contribution in [3.63, 3.8) is 0 Å². The summed E-state index contributed by atoms with van der Waals surface area (Å²) in [4.78, 5) is 12.8. The van der Waals surface area contributed by atoms with E-state index in [1.807, 2.05) is 25.1 Å². The predicted octanol–water partition coefficient (Wildman–Crippen LogP) is 4.01. The molecule has 120 valence electrons. The van der Waals surface area contributed by atoms with E-state index in [0.717, 1.165) is 23.1 Å². The lowest BCUT2D eigenvalue weighted by molar-refractivity contribution is -0.132. The van der Waals surface area contributed by atoms with Crippen LogP contribution < -0.4 is 11.1 Å². The van der Waals surface area contributed by atoms with Crippen molar-refractivity contribution in [2.45, 2.75) is 39.0 Å². The van der Waals surface area contributed by atoms with E-state index in [9.17, 15) is 4.79 Å². The largest absolute Gasteiger partial charge is 0.399 e. The maximum atomic E-state index is 12.8. The number of nitrogen functional groups attached to an aromatic ring is 1. The molecule has 1 amide bonds. The van der Waals surface area contributed by atoms with Crippen LogP contribution in [0, 0.1) is 36.5 Å². The molecule has 3 N–H and O–H groups in total. The van der Waals surface area contributed by atoms with Gasteiger partial charge in [-0.05, 0) is 80.4 Å². The quantitative estimate of drug-likeness (QED) is 0.809. The predicted molar refractivity (Wildman–Crippen MR) is 92.0 cm³/mol. The molecule has 4 aliphatic rings. The van der Waals surface area contributed by atoms with Crippen LogP contribution >= 0.6 is 12.4 Å². The molecule has 0 aliphatic heterocycles. The highest BCUT2D eigenvalue weighted by Crippen LogP contribution is 2.56. The van der Waals surface area contributed by atoms with Gasteiger partial charge in [0.25, 0.3) is 0 Å². The summed E-state index contributed by atoms with van der Waals surface area (Å²) in [7, 11) is 0. The van der Waals surface area contributed by atoms with Crippen molar-refractivity contribution in [2.24, 2.45) is 29.6 Å². The number of hydrogen-bond acceptors (Lipinski definition) is 2. The van der Waals surface area contributed by atoms with Crippen LogP contribution in [0.1, 0.15) is 37.7 Å². The second kappa shape index (κ2) is 5.77. The SMILES string of the molecule is Cc1ccc(N)cc1NC(=O)C1C2CC3CC(C2)CC1C3.Cl. The smallest absolute Gasteiger partial charge is 0.228 e. The van der Waals surface area contributed by atoms with Crippen molar-refractivity contribution in [1.29, 1.82) is 0 Å². The maximum Gasteiger partial charge on any atom is 0.228 e. The Balaban J connectivity index is 0.00000144. The first-order valence-corrected chi connectivity index (χ1v) is 8.27. The molecule has 0 spiro atoms. The Hall–Kier alpha value is -1.22. The summed E-state index contributed by atoms with van der Waals surface area (Å²) in [5.41, 5.74) is 8.52. The number of amides is 1. The number of rotatable bonds is 2. The van der Waals surface area contributed by atoms with Gasteiger partial charge in [0.05, 0.1) is 0 Å². The van der Waals surface area contributed by atoms with Crippen molar-refractivity contribution >= 4 is 29.7 Å². The van der Waals surface area contributed by atoms with Gasteiger partial charge in [0.2, 0.25) is 5.91 Å². The minimum Gasteiger partial charge on any atom is -0.399 e. The lowest BCUT2D eigenvalue weighted by atomic mass is 9.51. The number of anilines is 2. The highest BCUT2D eigenvalue weighted by atomic mass is 35.5. The fourth-order valence-electron chi connectivity index (χ4n) is 5.34. The van der Waals surface area contributed by atoms with E-state index in [4.69, 9.17) is 5.73 Å². The van der Waals surface area contributed by atoms with Gasteiger partial charge in [-0.25, -0.2) is 0 Å². The lowest BCUT2D eigenvalue weighted by Gasteiger charge is -2.53. The summed E-state index contributed by atoms with van der Waals surface area (Å²) in [6, 6.07) is 5.74. The summed E-state index contributed by atoms with van der Waals surface area (Å²) in [6.07, 6.45) is 6.54. The summed E-state index contributed by atoms with van der Waals surface area (Å²) in [6.45, 7) is 2.02. The third-order valence-corrected chi connectivity index (χ3v) is 6.05. The Labute approximate surface area is 138 Å². The number of carbonyl (C=O) groups is 1. The van der Waals surface area contributed by atoms with Crippen LogP contribution in [0.2, 0.25) is 0 Å². The molecule has 1 aromatic carbocycles. The Bertz CT molecular complexity index is 558. The number of benzene rings is 1. The topological polar surface area (TPSA) is 55.1 Å². The lowest BCUT2D eigenvalue weighted by Crippen LogP contribution is -2.49. The van der Waals surface area contributed by atoms with Crippen LogP contribution in [0.4, 0.5) is 11.4 Å². The molecule has 4 saturated carbocycles. The monoisotopic (exact) mass is 320 g/mol. The zero-order chi connectivity index (χ0) is 14.6. The Morgan fingerprint density at radius 1 is 1.09 bits per heavy atom. The van der Waals surface area contributed by atoms with E-state index >= 15 is 0 Å². The molecular weight excluding hydrogens is 296 g/mol. The fourth-order valence-corrected chi connectivity index (χ4v) is 5.34. The first-order valence-electron chi connectivity index (χ1n) is 8.27. The fraction of sp³-hybridized carbons (Fsp3) is 0.611. The minimum absolute atomic E-state index is 0. The number of nitrogens with one attached hydrogen (secondary N) is 1. The van der Waals surface area contributed by atoms with E-state index in [1.54, 1.807) is 0 Å². The second-order valence-corrected chi connectivity index (χ2v) is 7.52. The third-order valence-electron chi connectivity index (χ3n) is 6.05. The van der Waals surface area contributed by atoms with Crippen LogP contribution in [0.15, 0.2) is 18.2 Å². The van der Waals surface area contributed by atoms with Crippen molar-refractivity contribution in [1.82, 2.24) is 0 Å². The third kappa shape index (κ3) is 2.60. The van der Waals surface area contributed by atoms with Crippen molar-refractivity contribution < 1.29 is 4.79 Å². The normalized spacial score (nSPS) is 35.0. The van der Waals surface area contributed by atoms with E-state index < -0.39 is 0 Å². The Kier molecular flexibility index (Phi) is 4.11. The molecular formula is C18H25ClN2O. The van der Waals surface area contributed by atoms with E-state index in [2.05, 4.69) is 5.32 Å². The molecule has 0 heterocycles. The number of halogens is 1. The van der Waals surface area contributed by atoms with Crippen molar-refractivity contribution in [3.05, 3.63) is 23.8 Å². The molecule has 0 aromatic heterocycles. The molecule has 4 fully saturated rings. The van der Waals surface area contributed by atoms with Crippen LogP contribution in [0.5, 0.6) is 0 Å². The van der Waals surface area contributed by atoms with Gasteiger partial charge in [-0.1, -0.05) is 6.07 Å². The maximum absolute atomic E-state index is 12.8. The molecule has 4 bridgehead atoms. The van der Waals surface area contributed by atoms with E-state index in [-0.39, 0.29) is 24.2 Å². The van der Waals surface area contributed by atoms with Crippen LogP contribution in [-0.4, -0.2) is 5.91 Å². The van der Waals surface area contributed by atoms with Gasteiger partial charge in [0.15, 0.2) is 0 Å². The Morgan fingerprint density at radius 3 is 2.27 bits per heavy atom. The molecule has 0 atom stereocenters. The van der Waals surface area contributed by atoms with E-state index in [0.29, 0.717) is 17.5 Å². The number of hydrogen-bond donors (Lipinski definition) is 2. The molecule has 4 heteroatoms. The van der Waals surface area contributed by atoms with Crippen LogP contribution in [-0.2, 0) is 4.79 Å². The summed E-state index contributed by atoms with van der Waals surface area (Å²) in [5.74, 6) is 3.54. The summed E-state index contributed by atoms with van der Waals surface area (Å²) >= 11 is 0.